The van der Waals surface area contributed by atoms with Crippen LogP contribution in [0.15, 0.2) is 24.3 Å². The zero-order valence-electron chi connectivity index (χ0n) is 13.2. The first-order chi connectivity index (χ1) is 10.1. The van der Waals surface area contributed by atoms with Crippen molar-refractivity contribution < 1.29 is 9.53 Å². The Bertz CT molecular complexity index is 476. The summed E-state index contributed by atoms with van der Waals surface area (Å²) < 4.78 is 5.15. The standard InChI is InChI=1S/C17H26N2O2/c1-12-6-4-9-16(13(12)2)18-11-17(20)19-14-7-5-8-15(10-14)21-3/h5,7-8,10,12-13,16,18H,4,6,9,11H2,1-3H3,(H,19,20). The summed E-state index contributed by atoms with van der Waals surface area (Å²) in [7, 11) is 1.62. The highest BCUT2D eigenvalue weighted by atomic mass is 16.5. The fraction of sp³-hybridized carbons (Fsp3) is 0.588. The van der Waals surface area contributed by atoms with Crippen LogP contribution >= 0.6 is 0 Å². The molecule has 0 heterocycles. The first kappa shape index (κ1) is 15.8. The molecule has 0 aromatic heterocycles. The predicted molar refractivity (Wildman–Crippen MR) is 85.6 cm³/mol. The Morgan fingerprint density at radius 3 is 2.90 bits per heavy atom. The quantitative estimate of drug-likeness (QED) is 0.876. The smallest absolute Gasteiger partial charge is 0.238 e. The summed E-state index contributed by atoms with van der Waals surface area (Å²) in [6.07, 6.45) is 3.72. The average Bonchev–Trinajstić information content (AvgIpc) is 2.49. The number of amides is 1. The van der Waals surface area contributed by atoms with Gasteiger partial charge in [-0.3, -0.25) is 4.79 Å². The molecule has 116 valence electrons. The third kappa shape index (κ3) is 4.46. The summed E-state index contributed by atoms with van der Waals surface area (Å²) >= 11 is 0. The van der Waals surface area contributed by atoms with Crippen molar-refractivity contribution in [1.29, 1.82) is 0 Å². The molecule has 1 aliphatic rings. The van der Waals surface area contributed by atoms with Gasteiger partial charge in [-0.25, -0.2) is 0 Å². The third-order valence-electron chi connectivity index (χ3n) is 4.59. The number of rotatable bonds is 5. The first-order valence-corrected chi connectivity index (χ1v) is 7.77. The maximum absolute atomic E-state index is 12.0. The van der Waals surface area contributed by atoms with Crippen LogP contribution in [0.25, 0.3) is 0 Å². The molecule has 0 spiro atoms. The molecule has 2 rings (SSSR count). The van der Waals surface area contributed by atoms with Gasteiger partial charge in [-0.1, -0.05) is 32.8 Å². The molecule has 1 fully saturated rings. The van der Waals surface area contributed by atoms with Crippen LogP contribution in [0.2, 0.25) is 0 Å². The van der Waals surface area contributed by atoms with E-state index in [1.807, 2.05) is 24.3 Å². The number of ether oxygens (including phenoxy) is 1. The lowest BCUT2D eigenvalue weighted by molar-refractivity contribution is -0.115. The molecule has 4 heteroatoms. The highest BCUT2D eigenvalue weighted by Crippen LogP contribution is 2.29. The van der Waals surface area contributed by atoms with Crippen LogP contribution < -0.4 is 15.4 Å². The molecular weight excluding hydrogens is 264 g/mol. The normalized spacial score (nSPS) is 25.4. The van der Waals surface area contributed by atoms with Crippen LogP contribution in [-0.2, 0) is 4.79 Å². The molecule has 3 atom stereocenters. The second-order valence-corrected chi connectivity index (χ2v) is 6.03. The summed E-state index contributed by atoms with van der Waals surface area (Å²) in [4.78, 5) is 12.0. The van der Waals surface area contributed by atoms with Gasteiger partial charge in [0.2, 0.25) is 5.91 Å². The van der Waals surface area contributed by atoms with Gasteiger partial charge >= 0.3 is 0 Å². The van der Waals surface area contributed by atoms with Crippen LogP contribution in [-0.4, -0.2) is 25.6 Å². The second kappa shape index (κ2) is 7.46. The largest absolute Gasteiger partial charge is 0.497 e. The fourth-order valence-corrected chi connectivity index (χ4v) is 3.00. The van der Waals surface area contributed by atoms with Gasteiger partial charge in [-0.2, -0.15) is 0 Å². The van der Waals surface area contributed by atoms with E-state index < -0.39 is 0 Å². The average molecular weight is 290 g/mol. The van der Waals surface area contributed by atoms with E-state index in [1.165, 1.54) is 12.8 Å². The minimum Gasteiger partial charge on any atom is -0.497 e. The van der Waals surface area contributed by atoms with Crippen molar-refractivity contribution in [2.24, 2.45) is 11.8 Å². The number of carbonyl (C=O) groups is 1. The van der Waals surface area contributed by atoms with Crippen LogP contribution in [0, 0.1) is 11.8 Å². The Kier molecular flexibility index (Phi) is 5.62. The van der Waals surface area contributed by atoms with Gasteiger partial charge in [-0.15, -0.1) is 0 Å². The molecule has 1 aromatic carbocycles. The molecule has 2 N–H and O–H groups in total. The van der Waals surface area contributed by atoms with Crippen molar-refractivity contribution in [2.75, 3.05) is 19.0 Å². The van der Waals surface area contributed by atoms with Crippen LogP contribution in [0.3, 0.4) is 0 Å². The third-order valence-corrected chi connectivity index (χ3v) is 4.59. The molecule has 0 aliphatic heterocycles. The lowest BCUT2D eigenvalue weighted by Crippen LogP contribution is -2.43. The van der Waals surface area contributed by atoms with Crippen molar-refractivity contribution in [3.8, 4) is 5.75 Å². The summed E-state index contributed by atoms with van der Waals surface area (Å²) in [5.41, 5.74) is 0.770. The Balaban J connectivity index is 1.81. The molecule has 0 saturated heterocycles. The van der Waals surface area contributed by atoms with E-state index in [0.29, 0.717) is 18.5 Å². The van der Waals surface area contributed by atoms with E-state index in [-0.39, 0.29) is 5.91 Å². The molecule has 1 aromatic rings. The van der Waals surface area contributed by atoms with Crippen molar-refractivity contribution in [1.82, 2.24) is 5.32 Å². The van der Waals surface area contributed by atoms with Gasteiger partial charge in [0.25, 0.3) is 0 Å². The highest BCUT2D eigenvalue weighted by molar-refractivity contribution is 5.92. The van der Waals surface area contributed by atoms with Gasteiger partial charge in [0.15, 0.2) is 0 Å². The SMILES string of the molecule is COc1cccc(NC(=O)CNC2CCCC(C)C2C)c1. The van der Waals surface area contributed by atoms with E-state index >= 15 is 0 Å². The van der Waals surface area contributed by atoms with Gasteiger partial charge in [0, 0.05) is 17.8 Å². The molecule has 21 heavy (non-hydrogen) atoms. The van der Waals surface area contributed by atoms with Crippen LogP contribution in [0.4, 0.5) is 5.69 Å². The summed E-state index contributed by atoms with van der Waals surface area (Å²) in [6.45, 7) is 4.94. The lowest BCUT2D eigenvalue weighted by atomic mass is 9.78. The maximum atomic E-state index is 12.0. The van der Waals surface area contributed by atoms with Gasteiger partial charge in [0.1, 0.15) is 5.75 Å². The summed E-state index contributed by atoms with van der Waals surface area (Å²) in [6, 6.07) is 7.87. The monoisotopic (exact) mass is 290 g/mol. The second-order valence-electron chi connectivity index (χ2n) is 6.03. The van der Waals surface area contributed by atoms with Crippen LogP contribution in [0.1, 0.15) is 33.1 Å². The van der Waals surface area contributed by atoms with Gasteiger partial charge in [-0.05, 0) is 30.4 Å². The lowest BCUT2D eigenvalue weighted by Gasteiger charge is -2.34. The Hall–Kier alpha value is -1.55. The van der Waals surface area contributed by atoms with Crippen molar-refractivity contribution in [3.05, 3.63) is 24.3 Å². The maximum Gasteiger partial charge on any atom is 0.238 e. The molecule has 0 radical (unpaired) electrons. The fourth-order valence-electron chi connectivity index (χ4n) is 3.00. The van der Waals surface area contributed by atoms with E-state index in [1.54, 1.807) is 7.11 Å². The Morgan fingerprint density at radius 1 is 1.33 bits per heavy atom. The Morgan fingerprint density at radius 2 is 2.14 bits per heavy atom. The number of hydrogen-bond donors (Lipinski definition) is 2. The molecular formula is C17H26N2O2. The molecule has 4 nitrogen and oxygen atoms in total. The van der Waals surface area contributed by atoms with Gasteiger partial charge in [0.05, 0.1) is 13.7 Å². The van der Waals surface area contributed by atoms with Crippen molar-refractivity contribution in [2.45, 2.75) is 39.2 Å². The van der Waals surface area contributed by atoms with E-state index in [9.17, 15) is 4.79 Å². The minimum atomic E-state index is -0.00585. The van der Waals surface area contributed by atoms with Crippen molar-refractivity contribution >= 4 is 11.6 Å². The number of methoxy groups -OCH3 is 1. The molecule has 3 unspecified atom stereocenters. The zero-order chi connectivity index (χ0) is 15.2. The highest BCUT2D eigenvalue weighted by Gasteiger charge is 2.26. The minimum absolute atomic E-state index is 0.00585. The number of anilines is 1. The number of hydrogen-bond acceptors (Lipinski definition) is 3. The number of carbonyl (C=O) groups excluding carboxylic acids is 1. The van der Waals surface area contributed by atoms with Crippen molar-refractivity contribution in [3.63, 3.8) is 0 Å². The summed E-state index contributed by atoms with van der Waals surface area (Å²) in [5, 5.41) is 6.31. The predicted octanol–water partition coefficient (Wildman–Crippen LogP) is 3.05. The molecule has 1 aliphatic carbocycles. The van der Waals surface area contributed by atoms with E-state index in [2.05, 4.69) is 24.5 Å². The van der Waals surface area contributed by atoms with E-state index in [4.69, 9.17) is 4.74 Å². The van der Waals surface area contributed by atoms with Crippen LogP contribution in [0.5, 0.6) is 5.75 Å². The van der Waals surface area contributed by atoms with E-state index in [0.717, 1.165) is 23.8 Å². The summed E-state index contributed by atoms with van der Waals surface area (Å²) in [5.74, 6) is 2.10. The topological polar surface area (TPSA) is 50.4 Å². The number of nitrogens with one attached hydrogen (secondary N) is 2. The molecule has 1 saturated carbocycles. The number of benzene rings is 1. The molecule has 0 bridgehead atoms. The van der Waals surface area contributed by atoms with Gasteiger partial charge < -0.3 is 15.4 Å². The Labute approximate surface area is 127 Å². The first-order valence-electron chi connectivity index (χ1n) is 7.77. The molecule has 1 amide bonds. The zero-order valence-corrected chi connectivity index (χ0v) is 13.2.